The maximum Gasteiger partial charge on any atom is 0.259 e. The normalized spacial score (nSPS) is 23.5. The van der Waals surface area contributed by atoms with Crippen LogP contribution in [0.4, 0.5) is 0 Å². The summed E-state index contributed by atoms with van der Waals surface area (Å²) in [5, 5.41) is 8.16. The van der Waals surface area contributed by atoms with E-state index in [0.717, 1.165) is 48.9 Å². The van der Waals surface area contributed by atoms with Crippen LogP contribution in [-0.4, -0.2) is 28.6 Å². The molecule has 2 heterocycles. The number of hydrogen-bond acceptors (Lipinski definition) is 5. The lowest BCUT2D eigenvalue weighted by Gasteiger charge is -2.20. The minimum absolute atomic E-state index is 0.0512. The van der Waals surface area contributed by atoms with Gasteiger partial charge in [-0.25, -0.2) is 4.98 Å². The van der Waals surface area contributed by atoms with Crippen LogP contribution in [0, 0.1) is 5.92 Å². The van der Waals surface area contributed by atoms with Crippen molar-refractivity contribution < 1.29 is 9.32 Å². The van der Waals surface area contributed by atoms with Gasteiger partial charge in [0.2, 0.25) is 0 Å². The summed E-state index contributed by atoms with van der Waals surface area (Å²) >= 11 is 0. The highest BCUT2D eigenvalue weighted by Gasteiger charge is 2.32. The monoisotopic (exact) mass is 342 g/mol. The molecule has 1 amide bonds. The molecule has 6 nitrogen and oxygen atoms in total. The fourth-order valence-corrected chi connectivity index (χ4v) is 3.91. The van der Waals surface area contributed by atoms with Crippen molar-refractivity contribution in [3.8, 4) is 0 Å². The zero-order valence-corrected chi connectivity index (χ0v) is 14.9. The van der Waals surface area contributed by atoms with Crippen molar-refractivity contribution in [2.75, 3.05) is 6.54 Å². The maximum atomic E-state index is 13.1. The van der Waals surface area contributed by atoms with Gasteiger partial charge < -0.3 is 15.6 Å². The second-order valence-electron chi connectivity index (χ2n) is 7.78. The molecule has 2 aromatic heterocycles. The first-order valence-electron chi connectivity index (χ1n) is 9.39. The highest BCUT2D eigenvalue weighted by molar-refractivity contribution is 6.06. The molecule has 2 saturated carbocycles. The van der Waals surface area contributed by atoms with Crippen LogP contribution >= 0.6 is 0 Å². The number of nitrogens with two attached hydrogens (primary N) is 1. The molecule has 2 aromatic rings. The number of carbonyl (C=O) groups excluding carboxylic acids is 1. The molecule has 2 unspecified atom stereocenters. The third-order valence-electron chi connectivity index (χ3n) is 5.56. The molecular weight excluding hydrogens is 316 g/mol. The number of nitrogens with one attached hydrogen (secondary N) is 1. The predicted molar refractivity (Wildman–Crippen MR) is 95.5 cm³/mol. The SMILES string of the molecule is CC(C)c1noc2nc(C3CC3)cc(C(=O)NC3CCCC3CN)c12. The van der Waals surface area contributed by atoms with E-state index in [2.05, 4.69) is 29.3 Å². The van der Waals surface area contributed by atoms with Gasteiger partial charge in [0.25, 0.3) is 11.6 Å². The standard InChI is InChI=1S/C19H26N4O2/c1-10(2)17-16-13(18(24)21-14-5-3-4-12(14)9-20)8-15(11-6-7-11)22-19(16)25-23-17/h8,10-12,14H,3-7,9,20H2,1-2H3,(H,21,24). The summed E-state index contributed by atoms with van der Waals surface area (Å²) in [4.78, 5) is 17.7. The lowest BCUT2D eigenvalue weighted by molar-refractivity contribution is 0.0930. The first-order chi connectivity index (χ1) is 12.1. The first kappa shape index (κ1) is 16.5. The predicted octanol–water partition coefficient (Wildman–Crippen LogP) is 3.08. The molecule has 25 heavy (non-hydrogen) atoms. The fourth-order valence-electron chi connectivity index (χ4n) is 3.91. The van der Waals surface area contributed by atoms with Crippen molar-refractivity contribution in [3.63, 3.8) is 0 Å². The molecule has 2 fully saturated rings. The van der Waals surface area contributed by atoms with Gasteiger partial charge >= 0.3 is 0 Å². The Bertz CT molecular complexity index is 794. The number of carbonyl (C=O) groups is 1. The van der Waals surface area contributed by atoms with Gasteiger partial charge in [-0.2, -0.15) is 0 Å². The number of pyridine rings is 1. The van der Waals surface area contributed by atoms with Gasteiger partial charge in [-0.1, -0.05) is 25.4 Å². The van der Waals surface area contributed by atoms with E-state index in [1.165, 1.54) is 0 Å². The van der Waals surface area contributed by atoms with E-state index < -0.39 is 0 Å². The van der Waals surface area contributed by atoms with Crippen LogP contribution in [0.3, 0.4) is 0 Å². The van der Waals surface area contributed by atoms with Crippen LogP contribution in [0.2, 0.25) is 0 Å². The van der Waals surface area contributed by atoms with E-state index in [9.17, 15) is 4.79 Å². The number of hydrogen-bond donors (Lipinski definition) is 2. The van der Waals surface area contributed by atoms with Crippen molar-refractivity contribution in [1.82, 2.24) is 15.5 Å². The van der Waals surface area contributed by atoms with E-state index in [4.69, 9.17) is 10.3 Å². The minimum Gasteiger partial charge on any atom is -0.349 e. The third-order valence-corrected chi connectivity index (χ3v) is 5.56. The topological polar surface area (TPSA) is 94.0 Å². The van der Waals surface area contributed by atoms with Gasteiger partial charge in [-0.15, -0.1) is 0 Å². The van der Waals surface area contributed by atoms with E-state index >= 15 is 0 Å². The lowest BCUT2D eigenvalue weighted by atomic mass is 10.00. The Balaban J connectivity index is 1.73. The van der Waals surface area contributed by atoms with Gasteiger partial charge in [0.1, 0.15) is 0 Å². The zero-order valence-electron chi connectivity index (χ0n) is 14.9. The quantitative estimate of drug-likeness (QED) is 0.871. The van der Waals surface area contributed by atoms with Crippen LogP contribution in [0.15, 0.2) is 10.6 Å². The number of fused-ring (bicyclic) bond motifs is 1. The summed E-state index contributed by atoms with van der Waals surface area (Å²) in [5.41, 5.74) is 8.75. The van der Waals surface area contributed by atoms with Crippen molar-refractivity contribution in [2.24, 2.45) is 11.7 Å². The van der Waals surface area contributed by atoms with Crippen LogP contribution < -0.4 is 11.1 Å². The summed E-state index contributed by atoms with van der Waals surface area (Å²) < 4.78 is 5.47. The number of aromatic nitrogens is 2. The Morgan fingerprint density at radius 2 is 2.16 bits per heavy atom. The van der Waals surface area contributed by atoms with E-state index in [0.29, 0.717) is 29.7 Å². The van der Waals surface area contributed by atoms with Gasteiger partial charge in [0.15, 0.2) is 0 Å². The minimum atomic E-state index is -0.0512. The molecule has 0 spiro atoms. The Labute approximate surface area is 147 Å². The zero-order chi connectivity index (χ0) is 17.6. The number of amides is 1. The molecule has 0 aromatic carbocycles. The average molecular weight is 342 g/mol. The smallest absolute Gasteiger partial charge is 0.259 e. The molecule has 0 aliphatic heterocycles. The summed E-state index contributed by atoms with van der Waals surface area (Å²) in [5.74, 6) is 0.942. The van der Waals surface area contributed by atoms with Gasteiger partial charge in [-0.3, -0.25) is 4.79 Å². The third kappa shape index (κ3) is 3.03. The van der Waals surface area contributed by atoms with Crippen molar-refractivity contribution in [1.29, 1.82) is 0 Å². The molecule has 2 aliphatic rings. The largest absolute Gasteiger partial charge is 0.349 e. The molecule has 2 atom stereocenters. The Hall–Kier alpha value is -1.95. The molecule has 0 radical (unpaired) electrons. The second-order valence-corrected chi connectivity index (χ2v) is 7.78. The fraction of sp³-hybridized carbons (Fsp3) is 0.632. The van der Waals surface area contributed by atoms with Crippen LogP contribution in [0.25, 0.3) is 11.1 Å². The molecule has 2 aliphatic carbocycles. The van der Waals surface area contributed by atoms with E-state index in [1.54, 1.807) is 0 Å². The Kier molecular flexibility index (Phi) is 4.23. The molecule has 0 bridgehead atoms. The second kappa shape index (κ2) is 6.41. The Morgan fingerprint density at radius 3 is 2.84 bits per heavy atom. The van der Waals surface area contributed by atoms with E-state index in [1.807, 2.05) is 6.07 Å². The summed E-state index contributed by atoms with van der Waals surface area (Å²) in [6.45, 7) is 4.72. The number of rotatable bonds is 5. The van der Waals surface area contributed by atoms with Gasteiger partial charge in [-0.05, 0) is 50.1 Å². The molecule has 6 heteroatoms. The first-order valence-corrected chi connectivity index (χ1v) is 9.39. The molecule has 3 N–H and O–H groups in total. The summed E-state index contributed by atoms with van der Waals surface area (Å²) in [6.07, 6.45) is 5.46. The molecule has 134 valence electrons. The van der Waals surface area contributed by atoms with Crippen LogP contribution in [-0.2, 0) is 0 Å². The summed E-state index contributed by atoms with van der Waals surface area (Å²) in [7, 11) is 0. The van der Waals surface area contributed by atoms with Gasteiger partial charge in [0, 0.05) is 17.7 Å². The van der Waals surface area contributed by atoms with Crippen LogP contribution in [0.1, 0.15) is 79.5 Å². The molecular formula is C19H26N4O2. The number of nitrogens with zero attached hydrogens (tertiary/aromatic N) is 2. The van der Waals surface area contributed by atoms with E-state index in [-0.39, 0.29) is 17.9 Å². The van der Waals surface area contributed by atoms with Gasteiger partial charge in [0.05, 0.1) is 16.6 Å². The molecule has 4 rings (SSSR count). The highest BCUT2D eigenvalue weighted by atomic mass is 16.5. The average Bonchev–Trinajstić information content (AvgIpc) is 3.20. The molecule has 0 saturated heterocycles. The van der Waals surface area contributed by atoms with Crippen LogP contribution in [0.5, 0.6) is 0 Å². The lowest BCUT2D eigenvalue weighted by Crippen LogP contribution is -2.40. The van der Waals surface area contributed by atoms with Crippen molar-refractivity contribution >= 4 is 17.0 Å². The Morgan fingerprint density at radius 1 is 1.36 bits per heavy atom. The van der Waals surface area contributed by atoms with Crippen molar-refractivity contribution in [3.05, 3.63) is 23.0 Å². The summed E-state index contributed by atoms with van der Waals surface area (Å²) in [6, 6.07) is 2.11. The van der Waals surface area contributed by atoms with Crippen molar-refractivity contribution in [2.45, 2.75) is 63.8 Å². The highest BCUT2D eigenvalue weighted by Crippen LogP contribution is 2.41. The maximum absolute atomic E-state index is 13.1.